The Morgan fingerprint density at radius 3 is 2.48 bits per heavy atom. The maximum Gasteiger partial charge on any atom is 0.305 e. The number of carboxylic acids is 1. The zero-order valence-corrected chi connectivity index (χ0v) is 12.3. The van der Waals surface area contributed by atoms with Crippen LogP contribution < -0.4 is 10.6 Å². The number of carboxylic acid groups (broad SMARTS) is 1. The fourth-order valence-corrected chi connectivity index (χ4v) is 2.06. The number of hydrogen-bond donors (Lipinski definition) is 3. The molecule has 0 aliphatic heterocycles. The summed E-state index contributed by atoms with van der Waals surface area (Å²) in [4.78, 5) is 23.2. The van der Waals surface area contributed by atoms with Gasteiger partial charge in [0.25, 0.3) is 0 Å². The molecule has 0 aromatic heterocycles. The molecule has 1 amide bonds. The molecule has 0 heterocycles. The summed E-state index contributed by atoms with van der Waals surface area (Å²) < 4.78 is 13.1. The quantitative estimate of drug-likeness (QED) is 0.733. The molecule has 2 aromatic carbocycles. The summed E-state index contributed by atoms with van der Waals surface area (Å²) in [6.07, 6.45) is -0.367. The standard InChI is InChI=1S/C17H17FN2O3/c18-13-7-4-8-14(9-13)20-17(23)15(10-16(21)22)19-11-12-5-2-1-3-6-12/h1-9,15,19H,10-11H2,(H,20,23)(H,21,22)/t15-/m0/s1. The van der Waals surface area contributed by atoms with Crippen LogP contribution in [0.15, 0.2) is 54.6 Å². The Morgan fingerprint density at radius 1 is 1.09 bits per heavy atom. The van der Waals surface area contributed by atoms with Gasteiger partial charge in [-0.2, -0.15) is 0 Å². The molecule has 3 N–H and O–H groups in total. The normalized spacial score (nSPS) is 11.7. The van der Waals surface area contributed by atoms with Gasteiger partial charge in [0.1, 0.15) is 5.82 Å². The summed E-state index contributed by atoms with van der Waals surface area (Å²) in [5.41, 5.74) is 1.22. The van der Waals surface area contributed by atoms with Gasteiger partial charge in [-0.3, -0.25) is 9.59 Å². The van der Waals surface area contributed by atoms with Gasteiger partial charge in [0.15, 0.2) is 0 Å². The van der Waals surface area contributed by atoms with Crippen molar-refractivity contribution in [2.45, 2.75) is 19.0 Å². The number of nitrogens with one attached hydrogen (secondary N) is 2. The minimum atomic E-state index is -1.09. The molecule has 2 rings (SSSR count). The number of aliphatic carboxylic acids is 1. The first-order valence-corrected chi connectivity index (χ1v) is 7.10. The number of halogens is 1. The van der Waals surface area contributed by atoms with E-state index in [0.717, 1.165) is 5.56 Å². The summed E-state index contributed by atoms with van der Waals surface area (Å²) in [5.74, 6) is -2.09. The number of anilines is 1. The van der Waals surface area contributed by atoms with Crippen LogP contribution in [0, 0.1) is 5.82 Å². The molecule has 0 radical (unpaired) electrons. The third-order valence-corrected chi connectivity index (χ3v) is 3.18. The monoisotopic (exact) mass is 316 g/mol. The molecule has 0 spiro atoms. The highest BCUT2D eigenvalue weighted by Crippen LogP contribution is 2.10. The summed E-state index contributed by atoms with van der Waals surface area (Å²) in [7, 11) is 0. The lowest BCUT2D eigenvalue weighted by molar-refractivity contribution is -0.139. The van der Waals surface area contributed by atoms with Crippen molar-refractivity contribution in [1.82, 2.24) is 5.32 Å². The van der Waals surface area contributed by atoms with Crippen molar-refractivity contribution in [2.75, 3.05) is 5.32 Å². The first-order chi connectivity index (χ1) is 11.0. The molecule has 0 unspecified atom stereocenters. The second-order valence-corrected chi connectivity index (χ2v) is 5.02. The Kier molecular flexibility index (Phi) is 5.82. The summed E-state index contributed by atoms with van der Waals surface area (Å²) >= 11 is 0. The van der Waals surface area contributed by atoms with Crippen molar-refractivity contribution in [3.63, 3.8) is 0 Å². The lowest BCUT2D eigenvalue weighted by Crippen LogP contribution is -2.41. The SMILES string of the molecule is O=C(O)C[C@H](NCc1ccccc1)C(=O)Nc1cccc(F)c1. The highest BCUT2D eigenvalue weighted by Gasteiger charge is 2.21. The summed E-state index contributed by atoms with van der Waals surface area (Å²) in [5, 5.41) is 14.4. The van der Waals surface area contributed by atoms with E-state index in [9.17, 15) is 14.0 Å². The van der Waals surface area contributed by atoms with Crippen molar-refractivity contribution in [2.24, 2.45) is 0 Å². The second-order valence-electron chi connectivity index (χ2n) is 5.02. The molecule has 1 atom stereocenters. The third-order valence-electron chi connectivity index (χ3n) is 3.18. The zero-order chi connectivity index (χ0) is 16.7. The molecular formula is C17H17FN2O3. The Morgan fingerprint density at radius 2 is 1.83 bits per heavy atom. The Balaban J connectivity index is 2.01. The van der Waals surface area contributed by atoms with Gasteiger partial charge in [-0.1, -0.05) is 36.4 Å². The van der Waals surface area contributed by atoms with Gasteiger partial charge >= 0.3 is 5.97 Å². The van der Waals surface area contributed by atoms with Gasteiger partial charge in [0.05, 0.1) is 12.5 Å². The molecule has 0 bridgehead atoms. The smallest absolute Gasteiger partial charge is 0.305 e. The van der Waals surface area contributed by atoms with Crippen molar-refractivity contribution >= 4 is 17.6 Å². The van der Waals surface area contributed by atoms with Gasteiger partial charge in [-0.25, -0.2) is 4.39 Å². The molecule has 5 nitrogen and oxygen atoms in total. The fourth-order valence-electron chi connectivity index (χ4n) is 2.06. The average molecular weight is 316 g/mol. The van der Waals surface area contributed by atoms with Gasteiger partial charge in [0, 0.05) is 12.2 Å². The predicted octanol–water partition coefficient (Wildman–Crippen LogP) is 2.40. The Labute approximate surface area is 133 Å². The molecule has 23 heavy (non-hydrogen) atoms. The molecule has 6 heteroatoms. The van der Waals surface area contributed by atoms with Crippen molar-refractivity contribution in [1.29, 1.82) is 0 Å². The van der Waals surface area contributed by atoms with Crippen LogP contribution in [0.3, 0.4) is 0 Å². The Bertz CT molecular complexity index is 677. The number of rotatable bonds is 7. The van der Waals surface area contributed by atoms with Crippen LogP contribution in [0.1, 0.15) is 12.0 Å². The molecule has 0 aliphatic rings. The van der Waals surface area contributed by atoms with Crippen LogP contribution >= 0.6 is 0 Å². The molecule has 120 valence electrons. The van der Waals surface area contributed by atoms with E-state index in [0.29, 0.717) is 6.54 Å². The molecule has 0 saturated carbocycles. The lowest BCUT2D eigenvalue weighted by Gasteiger charge is -2.17. The van der Waals surface area contributed by atoms with Gasteiger partial charge in [-0.15, -0.1) is 0 Å². The Hall–Kier alpha value is -2.73. The van der Waals surface area contributed by atoms with Gasteiger partial charge < -0.3 is 15.7 Å². The topological polar surface area (TPSA) is 78.4 Å². The summed E-state index contributed by atoms with van der Waals surface area (Å²) in [6, 6.07) is 13.8. The van der Waals surface area contributed by atoms with Crippen LogP contribution in [0.25, 0.3) is 0 Å². The molecular weight excluding hydrogens is 299 g/mol. The maximum absolute atomic E-state index is 13.1. The van der Waals surface area contributed by atoms with Crippen molar-refractivity contribution in [3.8, 4) is 0 Å². The van der Waals surface area contributed by atoms with Crippen LogP contribution in [-0.4, -0.2) is 23.0 Å². The van der Waals surface area contributed by atoms with E-state index in [1.807, 2.05) is 30.3 Å². The van der Waals surface area contributed by atoms with E-state index in [1.54, 1.807) is 0 Å². The van der Waals surface area contributed by atoms with E-state index < -0.39 is 23.7 Å². The van der Waals surface area contributed by atoms with E-state index in [4.69, 9.17) is 5.11 Å². The molecule has 0 fully saturated rings. The lowest BCUT2D eigenvalue weighted by atomic mass is 10.1. The van der Waals surface area contributed by atoms with Gasteiger partial charge in [-0.05, 0) is 23.8 Å². The van der Waals surface area contributed by atoms with Crippen LogP contribution in [0.4, 0.5) is 10.1 Å². The first kappa shape index (κ1) is 16.6. The number of carbonyl (C=O) groups is 2. The molecule has 2 aromatic rings. The first-order valence-electron chi connectivity index (χ1n) is 7.10. The van der Waals surface area contributed by atoms with Crippen LogP contribution in [-0.2, 0) is 16.1 Å². The number of benzene rings is 2. The van der Waals surface area contributed by atoms with E-state index in [2.05, 4.69) is 10.6 Å². The fraction of sp³-hybridized carbons (Fsp3) is 0.176. The minimum Gasteiger partial charge on any atom is -0.481 e. The van der Waals surface area contributed by atoms with Crippen molar-refractivity contribution in [3.05, 3.63) is 66.0 Å². The van der Waals surface area contributed by atoms with E-state index >= 15 is 0 Å². The molecule has 0 saturated heterocycles. The number of amides is 1. The van der Waals surface area contributed by atoms with E-state index in [-0.39, 0.29) is 12.1 Å². The number of hydrogen-bond acceptors (Lipinski definition) is 3. The second kappa shape index (κ2) is 8.05. The molecule has 0 aliphatic carbocycles. The highest BCUT2D eigenvalue weighted by atomic mass is 19.1. The van der Waals surface area contributed by atoms with Gasteiger partial charge in [0.2, 0.25) is 5.91 Å². The van der Waals surface area contributed by atoms with E-state index in [1.165, 1.54) is 24.3 Å². The predicted molar refractivity (Wildman–Crippen MR) is 84.4 cm³/mol. The average Bonchev–Trinajstić information content (AvgIpc) is 2.52. The van der Waals surface area contributed by atoms with Crippen LogP contribution in [0.2, 0.25) is 0 Å². The van der Waals surface area contributed by atoms with Crippen LogP contribution in [0.5, 0.6) is 0 Å². The van der Waals surface area contributed by atoms with Crippen molar-refractivity contribution < 1.29 is 19.1 Å². The minimum absolute atomic E-state index is 0.284. The largest absolute Gasteiger partial charge is 0.481 e. The number of carbonyl (C=O) groups excluding carboxylic acids is 1. The third kappa shape index (κ3) is 5.52. The zero-order valence-electron chi connectivity index (χ0n) is 12.3. The maximum atomic E-state index is 13.1. The highest BCUT2D eigenvalue weighted by molar-refractivity contribution is 5.96. The summed E-state index contributed by atoms with van der Waals surface area (Å²) in [6.45, 7) is 0.357.